The molecule has 0 heterocycles. The minimum absolute atomic E-state index is 0.399. The highest BCUT2D eigenvalue weighted by molar-refractivity contribution is 5.37. The second kappa shape index (κ2) is 7.83. The van der Waals surface area contributed by atoms with Crippen molar-refractivity contribution in [3.05, 3.63) is 35.4 Å². The predicted octanol–water partition coefficient (Wildman–Crippen LogP) is 4.84. The molecule has 0 aromatic heterocycles. The van der Waals surface area contributed by atoms with Crippen molar-refractivity contribution in [2.75, 3.05) is 13.6 Å². The molecule has 1 N–H and O–H groups in total. The van der Waals surface area contributed by atoms with Crippen LogP contribution >= 0.6 is 0 Å². The highest BCUT2D eigenvalue weighted by Gasteiger charge is 2.34. The minimum atomic E-state index is 0.399. The standard InChI is InChI=1S/C19H31N/c1-3-4-5-6-9-14-19(16-20-2)15-10-12-17-11-7-8-13-18(17)19/h7-8,11,13,20H,3-6,9-10,12,14-16H2,1-2H3. The third-order valence-electron chi connectivity index (χ3n) is 4.96. The molecule has 1 nitrogen and oxygen atoms in total. The largest absolute Gasteiger partial charge is 0.319 e. The third-order valence-corrected chi connectivity index (χ3v) is 4.96. The third kappa shape index (κ3) is 3.63. The predicted molar refractivity (Wildman–Crippen MR) is 88.4 cm³/mol. The smallest absolute Gasteiger partial charge is 0.00805 e. The quantitative estimate of drug-likeness (QED) is 0.668. The summed E-state index contributed by atoms with van der Waals surface area (Å²) in [6.45, 7) is 3.43. The van der Waals surface area contributed by atoms with Gasteiger partial charge in [0.2, 0.25) is 0 Å². The van der Waals surface area contributed by atoms with E-state index in [1.807, 2.05) is 0 Å². The van der Waals surface area contributed by atoms with Gasteiger partial charge in [0.25, 0.3) is 0 Å². The minimum Gasteiger partial charge on any atom is -0.319 e. The van der Waals surface area contributed by atoms with Gasteiger partial charge in [-0.3, -0.25) is 0 Å². The van der Waals surface area contributed by atoms with Gasteiger partial charge in [0.05, 0.1) is 0 Å². The van der Waals surface area contributed by atoms with Gasteiger partial charge in [0.1, 0.15) is 0 Å². The Morgan fingerprint density at radius 3 is 2.70 bits per heavy atom. The van der Waals surface area contributed by atoms with Gasteiger partial charge >= 0.3 is 0 Å². The first-order chi connectivity index (χ1) is 9.82. The molecule has 1 aliphatic carbocycles. The Hall–Kier alpha value is -0.820. The lowest BCUT2D eigenvalue weighted by molar-refractivity contribution is 0.312. The summed E-state index contributed by atoms with van der Waals surface area (Å²) in [6.07, 6.45) is 12.3. The molecule has 0 amide bonds. The van der Waals surface area contributed by atoms with Crippen LogP contribution in [0.4, 0.5) is 0 Å². The first-order valence-electron chi connectivity index (χ1n) is 8.55. The van der Waals surface area contributed by atoms with E-state index < -0.39 is 0 Å². The number of aryl methyl sites for hydroxylation is 1. The van der Waals surface area contributed by atoms with E-state index in [9.17, 15) is 0 Å². The lowest BCUT2D eigenvalue weighted by atomic mass is 9.67. The zero-order valence-electron chi connectivity index (χ0n) is 13.4. The molecule has 0 bridgehead atoms. The molecule has 1 aromatic rings. The van der Waals surface area contributed by atoms with Crippen molar-refractivity contribution in [2.45, 2.75) is 70.1 Å². The van der Waals surface area contributed by atoms with E-state index in [2.05, 4.69) is 43.6 Å². The summed E-state index contributed by atoms with van der Waals surface area (Å²) >= 11 is 0. The summed E-state index contributed by atoms with van der Waals surface area (Å²) in [7, 11) is 2.11. The molecule has 1 aliphatic rings. The maximum atomic E-state index is 3.47. The van der Waals surface area contributed by atoms with Crippen LogP contribution in [0.15, 0.2) is 24.3 Å². The number of unbranched alkanes of at least 4 members (excludes halogenated alkanes) is 4. The van der Waals surface area contributed by atoms with Crippen LogP contribution in [-0.2, 0) is 11.8 Å². The van der Waals surface area contributed by atoms with Gasteiger partial charge in [-0.05, 0) is 43.9 Å². The number of hydrogen-bond donors (Lipinski definition) is 1. The molecule has 1 heteroatoms. The van der Waals surface area contributed by atoms with E-state index in [1.165, 1.54) is 57.8 Å². The molecular weight excluding hydrogens is 242 g/mol. The fourth-order valence-electron chi connectivity index (χ4n) is 3.94. The van der Waals surface area contributed by atoms with Crippen LogP contribution < -0.4 is 5.32 Å². The SMILES string of the molecule is CCCCCCCC1(CNC)CCCc2ccccc21. The summed E-state index contributed by atoms with van der Waals surface area (Å²) in [5.41, 5.74) is 3.63. The van der Waals surface area contributed by atoms with Crippen LogP contribution in [-0.4, -0.2) is 13.6 Å². The Balaban J connectivity index is 2.06. The van der Waals surface area contributed by atoms with E-state index in [0.29, 0.717) is 5.41 Å². The van der Waals surface area contributed by atoms with Crippen LogP contribution in [0.25, 0.3) is 0 Å². The van der Waals surface area contributed by atoms with E-state index in [4.69, 9.17) is 0 Å². The van der Waals surface area contributed by atoms with E-state index in [0.717, 1.165) is 6.54 Å². The molecular formula is C19H31N. The van der Waals surface area contributed by atoms with E-state index in [1.54, 1.807) is 11.1 Å². The maximum absolute atomic E-state index is 3.47. The summed E-state index contributed by atoms with van der Waals surface area (Å²) in [4.78, 5) is 0. The molecule has 0 aliphatic heterocycles. The first kappa shape index (κ1) is 15.6. The number of nitrogens with one attached hydrogen (secondary N) is 1. The van der Waals surface area contributed by atoms with Crippen LogP contribution in [0.5, 0.6) is 0 Å². The zero-order valence-corrected chi connectivity index (χ0v) is 13.4. The molecule has 20 heavy (non-hydrogen) atoms. The Morgan fingerprint density at radius 2 is 1.90 bits per heavy atom. The number of likely N-dealkylation sites (N-methyl/N-ethyl adjacent to an activating group) is 1. The molecule has 1 aromatic carbocycles. The second-order valence-corrected chi connectivity index (χ2v) is 6.49. The lowest BCUT2D eigenvalue weighted by Crippen LogP contribution is -2.39. The van der Waals surface area contributed by atoms with Crippen LogP contribution in [0, 0.1) is 0 Å². The van der Waals surface area contributed by atoms with Gasteiger partial charge in [0, 0.05) is 12.0 Å². The van der Waals surface area contributed by atoms with Crippen molar-refractivity contribution >= 4 is 0 Å². The van der Waals surface area contributed by atoms with Crippen molar-refractivity contribution in [3.8, 4) is 0 Å². The highest BCUT2D eigenvalue weighted by atomic mass is 14.8. The van der Waals surface area contributed by atoms with Crippen molar-refractivity contribution in [3.63, 3.8) is 0 Å². The van der Waals surface area contributed by atoms with Crippen LogP contribution in [0.1, 0.15) is 69.4 Å². The van der Waals surface area contributed by atoms with Gasteiger partial charge in [-0.2, -0.15) is 0 Å². The highest BCUT2D eigenvalue weighted by Crippen LogP contribution is 2.40. The van der Waals surface area contributed by atoms with Gasteiger partial charge in [-0.15, -0.1) is 0 Å². The van der Waals surface area contributed by atoms with Gasteiger partial charge in [-0.25, -0.2) is 0 Å². The van der Waals surface area contributed by atoms with Crippen LogP contribution in [0.2, 0.25) is 0 Å². The lowest BCUT2D eigenvalue weighted by Gasteiger charge is -2.39. The van der Waals surface area contributed by atoms with Gasteiger partial charge < -0.3 is 5.32 Å². The molecule has 1 atom stereocenters. The summed E-state index contributed by atoms with van der Waals surface area (Å²) in [5.74, 6) is 0. The fourth-order valence-corrected chi connectivity index (χ4v) is 3.94. The molecule has 0 saturated carbocycles. The molecule has 1 unspecified atom stereocenters. The van der Waals surface area contributed by atoms with Gasteiger partial charge in [-0.1, -0.05) is 63.3 Å². The average molecular weight is 273 g/mol. The van der Waals surface area contributed by atoms with E-state index in [-0.39, 0.29) is 0 Å². The molecule has 0 spiro atoms. The number of hydrogen-bond acceptors (Lipinski definition) is 1. The molecule has 0 fully saturated rings. The number of fused-ring (bicyclic) bond motifs is 1. The van der Waals surface area contributed by atoms with Crippen molar-refractivity contribution < 1.29 is 0 Å². The van der Waals surface area contributed by atoms with Crippen molar-refractivity contribution in [2.24, 2.45) is 0 Å². The van der Waals surface area contributed by atoms with Crippen LogP contribution in [0.3, 0.4) is 0 Å². The fraction of sp³-hybridized carbons (Fsp3) is 0.684. The number of benzene rings is 1. The molecule has 2 rings (SSSR count). The first-order valence-corrected chi connectivity index (χ1v) is 8.55. The summed E-state index contributed by atoms with van der Waals surface area (Å²) < 4.78 is 0. The molecule has 112 valence electrons. The molecule has 0 saturated heterocycles. The van der Waals surface area contributed by atoms with Crippen molar-refractivity contribution in [1.29, 1.82) is 0 Å². The second-order valence-electron chi connectivity index (χ2n) is 6.49. The normalized spacial score (nSPS) is 21.7. The maximum Gasteiger partial charge on any atom is 0.00805 e. The van der Waals surface area contributed by atoms with Crippen molar-refractivity contribution in [1.82, 2.24) is 5.32 Å². The van der Waals surface area contributed by atoms with E-state index >= 15 is 0 Å². The Kier molecular flexibility index (Phi) is 6.09. The van der Waals surface area contributed by atoms with Gasteiger partial charge in [0.15, 0.2) is 0 Å². The summed E-state index contributed by atoms with van der Waals surface area (Å²) in [6, 6.07) is 9.16. The zero-order chi connectivity index (χ0) is 14.3. The molecule has 0 radical (unpaired) electrons. The Bertz CT molecular complexity index is 399. The summed E-state index contributed by atoms with van der Waals surface area (Å²) in [5, 5.41) is 3.47. The Morgan fingerprint density at radius 1 is 1.10 bits per heavy atom. The average Bonchev–Trinajstić information content (AvgIpc) is 2.48. The number of rotatable bonds is 8. The topological polar surface area (TPSA) is 12.0 Å². The Labute approximate surface area is 125 Å². The monoisotopic (exact) mass is 273 g/mol.